The molecule has 0 saturated heterocycles. The lowest BCUT2D eigenvalue weighted by molar-refractivity contribution is 0.712. The van der Waals surface area contributed by atoms with Crippen LogP contribution in [0, 0.1) is 0 Å². The predicted octanol–water partition coefficient (Wildman–Crippen LogP) is 3.79. The Kier molecular flexibility index (Phi) is 4.27. The number of imidazole rings is 1. The van der Waals surface area contributed by atoms with E-state index in [0.29, 0.717) is 17.0 Å². The van der Waals surface area contributed by atoms with Crippen LogP contribution in [0.5, 0.6) is 0 Å². The minimum Gasteiger partial charge on any atom is -0.322 e. The van der Waals surface area contributed by atoms with Gasteiger partial charge in [-0.2, -0.15) is 0 Å². The fourth-order valence-corrected chi connectivity index (χ4v) is 2.98. The summed E-state index contributed by atoms with van der Waals surface area (Å²) in [6.07, 6.45) is 4.17. The van der Waals surface area contributed by atoms with E-state index < -0.39 is 0 Å². The van der Waals surface area contributed by atoms with E-state index in [9.17, 15) is 0 Å². The third kappa shape index (κ3) is 2.80. The first-order valence-corrected chi connectivity index (χ1v) is 7.78. The Bertz CT molecular complexity index is 855. The number of halogens is 2. The van der Waals surface area contributed by atoms with Gasteiger partial charge in [0.25, 0.3) is 0 Å². The number of rotatable bonds is 3. The van der Waals surface area contributed by atoms with Gasteiger partial charge in [0.05, 0.1) is 17.1 Å². The maximum absolute atomic E-state index is 6.35. The number of aromatic nitrogens is 4. The van der Waals surface area contributed by atoms with Crippen molar-refractivity contribution >= 4 is 35.0 Å². The minimum absolute atomic E-state index is 0. The van der Waals surface area contributed by atoms with Gasteiger partial charge in [0, 0.05) is 11.8 Å². The van der Waals surface area contributed by atoms with Gasteiger partial charge in [0.2, 0.25) is 5.95 Å². The second-order valence-electron chi connectivity index (χ2n) is 5.77. The third-order valence-corrected chi connectivity index (χ3v) is 4.27. The lowest BCUT2D eigenvalue weighted by Crippen LogP contribution is -2.14. The van der Waals surface area contributed by atoms with Crippen molar-refractivity contribution < 1.29 is 0 Å². The van der Waals surface area contributed by atoms with Crippen LogP contribution in [0.3, 0.4) is 0 Å². The van der Waals surface area contributed by atoms with Crippen LogP contribution in [0.25, 0.3) is 17.0 Å². The number of nitrogens with two attached hydrogens (primary N) is 1. The average molecular weight is 350 g/mol. The van der Waals surface area contributed by atoms with Gasteiger partial charge in [-0.3, -0.25) is 4.57 Å². The maximum atomic E-state index is 6.35. The highest BCUT2D eigenvalue weighted by atomic mass is 35.5. The van der Waals surface area contributed by atoms with Gasteiger partial charge in [-0.15, -0.1) is 12.4 Å². The summed E-state index contributed by atoms with van der Waals surface area (Å²) in [7, 11) is 0. The second kappa shape index (κ2) is 6.07. The van der Waals surface area contributed by atoms with Crippen molar-refractivity contribution in [3.8, 4) is 5.95 Å². The van der Waals surface area contributed by atoms with Gasteiger partial charge in [-0.1, -0.05) is 23.7 Å². The minimum atomic E-state index is -0.224. The summed E-state index contributed by atoms with van der Waals surface area (Å²) in [4.78, 5) is 13.6. The fraction of sp³-hybridized carbons (Fsp3) is 0.312. The van der Waals surface area contributed by atoms with E-state index >= 15 is 0 Å². The molecule has 1 aliphatic rings. The molecule has 120 valence electrons. The zero-order valence-corrected chi connectivity index (χ0v) is 14.2. The average Bonchev–Trinajstić information content (AvgIpc) is 3.26. The highest BCUT2D eigenvalue weighted by Crippen LogP contribution is 2.42. The molecule has 0 bridgehead atoms. The molecule has 5 nitrogen and oxygen atoms in total. The maximum Gasteiger partial charge on any atom is 0.237 e. The standard InChI is InChI=1S/C16H16ClN5.ClH/c1-9(18)15-20-12-4-2-3-5-13(12)22(15)16-19-8-11(10-6-7-10)14(17)21-16;/h2-5,8-10H,6-7,18H2,1H3;1H. The van der Waals surface area contributed by atoms with Crippen LogP contribution in [0.15, 0.2) is 30.5 Å². The molecule has 23 heavy (non-hydrogen) atoms. The molecule has 0 radical (unpaired) electrons. The largest absolute Gasteiger partial charge is 0.322 e. The van der Waals surface area contributed by atoms with Crippen molar-refractivity contribution in [2.45, 2.75) is 31.7 Å². The topological polar surface area (TPSA) is 69.6 Å². The Hall–Kier alpha value is -1.69. The summed E-state index contributed by atoms with van der Waals surface area (Å²) in [5.41, 5.74) is 8.92. The number of hydrogen-bond donors (Lipinski definition) is 1. The van der Waals surface area contributed by atoms with Gasteiger partial charge in [-0.25, -0.2) is 15.0 Å². The molecule has 7 heteroatoms. The second-order valence-corrected chi connectivity index (χ2v) is 6.13. The molecule has 2 heterocycles. The van der Waals surface area contributed by atoms with E-state index in [4.69, 9.17) is 17.3 Å². The quantitative estimate of drug-likeness (QED) is 0.730. The Labute approximate surface area is 145 Å². The van der Waals surface area contributed by atoms with Crippen LogP contribution in [0.4, 0.5) is 0 Å². The molecule has 2 N–H and O–H groups in total. The van der Waals surface area contributed by atoms with Crippen molar-refractivity contribution in [3.63, 3.8) is 0 Å². The SMILES string of the molecule is CC(N)c1nc2ccccc2n1-c1ncc(C2CC2)c(Cl)n1.Cl. The summed E-state index contributed by atoms with van der Waals surface area (Å²) >= 11 is 6.35. The van der Waals surface area contributed by atoms with Crippen LogP contribution >= 0.6 is 24.0 Å². The number of nitrogens with zero attached hydrogens (tertiary/aromatic N) is 4. The fourth-order valence-electron chi connectivity index (χ4n) is 2.70. The van der Waals surface area contributed by atoms with Gasteiger partial charge in [0.15, 0.2) is 0 Å². The summed E-state index contributed by atoms with van der Waals surface area (Å²) in [6, 6.07) is 7.64. The molecule has 2 aromatic heterocycles. The molecule has 1 saturated carbocycles. The Morgan fingerprint density at radius 2 is 2.00 bits per heavy atom. The van der Waals surface area contributed by atoms with Gasteiger partial charge < -0.3 is 5.73 Å². The molecular weight excluding hydrogens is 333 g/mol. The molecule has 1 atom stereocenters. The Morgan fingerprint density at radius 3 is 2.65 bits per heavy atom. The zero-order valence-electron chi connectivity index (χ0n) is 12.6. The monoisotopic (exact) mass is 349 g/mol. The molecule has 1 unspecified atom stereocenters. The molecule has 1 aromatic carbocycles. The highest BCUT2D eigenvalue weighted by Gasteiger charge is 2.27. The Balaban J connectivity index is 0.00000156. The summed E-state index contributed by atoms with van der Waals surface area (Å²) < 4.78 is 1.89. The molecule has 0 spiro atoms. The van der Waals surface area contributed by atoms with Gasteiger partial charge in [0.1, 0.15) is 11.0 Å². The Morgan fingerprint density at radius 1 is 1.26 bits per heavy atom. The van der Waals surface area contributed by atoms with Crippen molar-refractivity contribution in [1.82, 2.24) is 19.5 Å². The van der Waals surface area contributed by atoms with Gasteiger partial charge >= 0.3 is 0 Å². The number of hydrogen-bond acceptors (Lipinski definition) is 4. The van der Waals surface area contributed by atoms with Crippen molar-refractivity contribution in [1.29, 1.82) is 0 Å². The van der Waals surface area contributed by atoms with Crippen LogP contribution in [0.2, 0.25) is 5.15 Å². The molecule has 1 aliphatic carbocycles. The predicted molar refractivity (Wildman–Crippen MR) is 93.5 cm³/mol. The van der Waals surface area contributed by atoms with Crippen LogP contribution in [0.1, 0.15) is 43.1 Å². The molecule has 0 amide bonds. The van der Waals surface area contributed by atoms with Crippen LogP contribution < -0.4 is 5.73 Å². The van der Waals surface area contributed by atoms with E-state index in [-0.39, 0.29) is 18.4 Å². The van der Waals surface area contributed by atoms with E-state index in [1.54, 1.807) is 0 Å². The highest BCUT2D eigenvalue weighted by molar-refractivity contribution is 6.30. The van der Waals surface area contributed by atoms with E-state index in [0.717, 1.165) is 22.4 Å². The third-order valence-electron chi connectivity index (χ3n) is 3.97. The molecule has 0 aliphatic heterocycles. The lowest BCUT2D eigenvalue weighted by Gasteiger charge is -2.11. The molecule has 1 fully saturated rings. The van der Waals surface area contributed by atoms with Crippen molar-refractivity contribution in [2.75, 3.05) is 0 Å². The molecule has 4 rings (SSSR count). The normalized spacial score (nSPS) is 15.4. The number of benzene rings is 1. The number of para-hydroxylation sites is 2. The molecular formula is C16H17Cl2N5. The smallest absolute Gasteiger partial charge is 0.237 e. The van der Waals surface area contributed by atoms with Crippen molar-refractivity contribution in [2.24, 2.45) is 5.73 Å². The van der Waals surface area contributed by atoms with Crippen LogP contribution in [-0.2, 0) is 0 Å². The van der Waals surface area contributed by atoms with E-state index in [1.807, 2.05) is 42.0 Å². The first-order valence-electron chi connectivity index (χ1n) is 7.41. The number of fused-ring (bicyclic) bond motifs is 1. The van der Waals surface area contributed by atoms with E-state index in [1.165, 1.54) is 12.8 Å². The summed E-state index contributed by atoms with van der Waals surface area (Å²) in [5, 5.41) is 0.529. The first kappa shape index (κ1) is 16.2. The van der Waals surface area contributed by atoms with Crippen molar-refractivity contribution in [3.05, 3.63) is 47.0 Å². The lowest BCUT2D eigenvalue weighted by atomic mass is 10.2. The summed E-state index contributed by atoms with van der Waals surface area (Å²) in [5.74, 6) is 1.78. The molecule has 3 aromatic rings. The first-order chi connectivity index (χ1) is 10.6. The van der Waals surface area contributed by atoms with Crippen LogP contribution in [-0.4, -0.2) is 19.5 Å². The van der Waals surface area contributed by atoms with Gasteiger partial charge in [-0.05, 0) is 37.8 Å². The summed E-state index contributed by atoms with van der Waals surface area (Å²) in [6.45, 7) is 1.90. The zero-order chi connectivity index (χ0) is 15.3. The van der Waals surface area contributed by atoms with E-state index in [2.05, 4.69) is 15.0 Å².